The van der Waals surface area contributed by atoms with Crippen molar-refractivity contribution in [2.45, 2.75) is 6.61 Å². The molecule has 0 fully saturated rings. The first-order valence-electron chi connectivity index (χ1n) is 6.29. The molecule has 108 valence electrons. The van der Waals surface area contributed by atoms with Crippen LogP contribution in [0.15, 0.2) is 53.6 Å². The maximum atomic E-state index is 5.85. The van der Waals surface area contributed by atoms with Crippen LogP contribution in [0.1, 0.15) is 11.1 Å². The van der Waals surface area contributed by atoms with Crippen molar-refractivity contribution in [3.05, 3.63) is 64.7 Å². The highest BCUT2D eigenvalue weighted by molar-refractivity contribution is 6.30. The monoisotopic (exact) mass is 303 g/mol. The Bertz CT molecular complexity index is 649. The summed E-state index contributed by atoms with van der Waals surface area (Å²) in [7, 11) is 0. The van der Waals surface area contributed by atoms with Crippen LogP contribution in [-0.4, -0.2) is 12.2 Å². The molecule has 0 aliphatic heterocycles. The van der Waals surface area contributed by atoms with Crippen molar-refractivity contribution in [3.8, 4) is 5.75 Å². The smallest absolute Gasteiger partial charge is 0.256 e. The third kappa shape index (κ3) is 4.81. The number of nitrogens with one attached hydrogen (secondary N) is 1. The zero-order chi connectivity index (χ0) is 15.1. The van der Waals surface area contributed by atoms with Crippen LogP contribution >= 0.6 is 11.6 Å². The van der Waals surface area contributed by atoms with E-state index < -0.39 is 0 Å². The van der Waals surface area contributed by atoms with Gasteiger partial charge in [0.05, 0.1) is 5.56 Å². The highest BCUT2D eigenvalue weighted by Gasteiger charge is 2.03. The number of ether oxygens (including phenoxy) is 1. The SMILES string of the molecule is NC(N)=N/[NH+]=C/c1ccccc1OCc1ccc(Cl)cc1. The van der Waals surface area contributed by atoms with Gasteiger partial charge in [-0.3, -0.25) is 0 Å². The highest BCUT2D eigenvalue weighted by atomic mass is 35.5. The molecule has 21 heavy (non-hydrogen) atoms. The largest absolute Gasteiger partial charge is 0.488 e. The van der Waals surface area contributed by atoms with Gasteiger partial charge in [-0.1, -0.05) is 35.9 Å². The lowest BCUT2D eigenvalue weighted by Crippen LogP contribution is -2.63. The lowest BCUT2D eigenvalue weighted by molar-refractivity contribution is -0.456. The quantitative estimate of drug-likeness (QED) is 0.429. The van der Waals surface area contributed by atoms with Crippen LogP contribution in [0, 0.1) is 0 Å². The molecule has 0 saturated carbocycles. The van der Waals surface area contributed by atoms with Crippen molar-refractivity contribution in [1.82, 2.24) is 0 Å². The summed E-state index contributed by atoms with van der Waals surface area (Å²) in [6, 6.07) is 15.1. The average Bonchev–Trinajstić information content (AvgIpc) is 2.47. The van der Waals surface area contributed by atoms with E-state index in [9.17, 15) is 0 Å². The van der Waals surface area contributed by atoms with Crippen molar-refractivity contribution in [2.75, 3.05) is 0 Å². The third-order valence-electron chi connectivity index (χ3n) is 2.64. The number of nitrogens with two attached hydrogens (primary N) is 2. The zero-order valence-electron chi connectivity index (χ0n) is 11.3. The van der Waals surface area contributed by atoms with Crippen molar-refractivity contribution in [3.63, 3.8) is 0 Å². The van der Waals surface area contributed by atoms with E-state index in [1.54, 1.807) is 6.21 Å². The number of para-hydroxylation sites is 1. The van der Waals surface area contributed by atoms with Crippen LogP contribution < -0.4 is 21.3 Å². The summed E-state index contributed by atoms with van der Waals surface area (Å²) in [5.41, 5.74) is 12.4. The minimum absolute atomic E-state index is 0.0363. The second-order valence-electron chi connectivity index (χ2n) is 4.26. The Morgan fingerprint density at radius 1 is 1.14 bits per heavy atom. The standard InChI is InChI=1S/C15H15ClN4O/c16-13-7-5-11(6-8-13)10-21-14-4-2-1-3-12(14)9-19-20-15(17)18/h1-9H,10H2,(H4,17,18,20)/p+1/b19-9+. The highest BCUT2D eigenvalue weighted by Crippen LogP contribution is 2.17. The first kappa shape index (κ1) is 14.9. The summed E-state index contributed by atoms with van der Waals surface area (Å²) in [6.07, 6.45) is 1.66. The van der Waals surface area contributed by atoms with Crippen molar-refractivity contribution < 1.29 is 9.84 Å². The number of guanidine groups is 1. The maximum Gasteiger partial charge on any atom is 0.256 e. The van der Waals surface area contributed by atoms with Crippen LogP contribution in [0.5, 0.6) is 5.75 Å². The Balaban J connectivity index is 2.07. The van der Waals surface area contributed by atoms with E-state index in [4.69, 9.17) is 27.8 Å². The van der Waals surface area contributed by atoms with Crippen LogP contribution in [0.25, 0.3) is 0 Å². The predicted octanol–water partition coefficient (Wildman–Crippen LogP) is 0.607. The molecule has 0 bridgehead atoms. The van der Waals surface area contributed by atoms with Gasteiger partial charge in [0.1, 0.15) is 12.4 Å². The van der Waals surface area contributed by atoms with Crippen molar-refractivity contribution >= 4 is 23.8 Å². The molecule has 5 N–H and O–H groups in total. The summed E-state index contributed by atoms with van der Waals surface area (Å²) >= 11 is 5.85. The fourth-order valence-electron chi connectivity index (χ4n) is 1.65. The Hall–Kier alpha value is -2.53. The number of hydrogen-bond donors (Lipinski definition) is 3. The molecule has 5 nitrogen and oxygen atoms in total. The van der Waals surface area contributed by atoms with E-state index in [-0.39, 0.29) is 5.96 Å². The van der Waals surface area contributed by atoms with Gasteiger partial charge in [-0.25, -0.2) is 0 Å². The second kappa shape index (κ2) is 7.31. The zero-order valence-corrected chi connectivity index (χ0v) is 12.0. The van der Waals surface area contributed by atoms with E-state index in [0.717, 1.165) is 16.9 Å². The topological polar surface area (TPSA) is 87.6 Å². The number of hydrazone groups is 1. The lowest BCUT2D eigenvalue weighted by Gasteiger charge is -2.07. The molecule has 0 unspecified atom stereocenters. The van der Waals surface area contributed by atoms with Gasteiger partial charge in [0.2, 0.25) is 6.21 Å². The van der Waals surface area contributed by atoms with Gasteiger partial charge in [-0.05, 0) is 29.8 Å². The minimum atomic E-state index is -0.0363. The van der Waals surface area contributed by atoms with Gasteiger partial charge in [0.15, 0.2) is 0 Å². The fourth-order valence-corrected chi connectivity index (χ4v) is 1.78. The molecule has 0 radical (unpaired) electrons. The fraction of sp³-hybridized carbons (Fsp3) is 0.0667. The number of benzene rings is 2. The summed E-state index contributed by atoms with van der Waals surface area (Å²) in [5.74, 6) is 0.691. The van der Waals surface area contributed by atoms with Gasteiger partial charge < -0.3 is 16.2 Å². The minimum Gasteiger partial charge on any atom is -0.488 e. The van der Waals surface area contributed by atoms with Gasteiger partial charge in [-0.15, -0.1) is 5.10 Å². The first-order chi connectivity index (χ1) is 10.1. The second-order valence-corrected chi connectivity index (χ2v) is 4.70. The molecule has 2 aromatic carbocycles. The van der Waals surface area contributed by atoms with E-state index in [1.807, 2.05) is 48.5 Å². The van der Waals surface area contributed by atoms with Gasteiger partial charge >= 0.3 is 0 Å². The molecule has 0 aromatic heterocycles. The Morgan fingerprint density at radius 3 is 2.57 bits per heavy atom. The summed E-state index contributed by atoms with van der Waals surface area (Å²) < 4.78 is 5.80. The molecule has 2 aromatic rings. The molecular formula is C15H16ClN4O+. The molecule has 0 aliphatic rings. The summed E-state index contributed by atoms with van der Waals surface area (Å²) in [6.45, 7) is 0.449. The van der Waals surface area contributed by atoms with Crippen molar-refractivity contribution in [2.24, 2.45) is 16.6 Å². The van der Waals surface area contributed by atoms with E-state index in [2.05, 4.69) is 10.2 Å². The predicted molar refractivity (Wildman–Crippen MR) is 84.2 cm³/mol. The molecule has 0 amide bonds. The molecule has 0 saturated heterocycles. The normalized spacial score (nSPS) is 10.5. The lowest BCUT2D eigenvalue weighted by atomic mass is 10.2. The Morgan fingerprint density at radius 2 is 1.86 bits per heavy atom. The summed E-state index contributed by atoms with van der Waals surface area (Å²) in [5, 5.41) is 7.05. The number of rotatable bonds is 5. The molecule has 0 heterocycles. The molecule has 0 atom stereocenters. The van der Waals surface area contributed by atoms with E-state index in [1.165, 1.54) is 0 Å². The number of halogens is 1. The maximum absolute atomic E-state index is 5.85. The van der Waals surface area contributed by atoms with Crippen LogP contribution in [0.4, 0.5) is 0 Å². The van der Waals surface area contributed by atoms with Crippen LogP contribution in [0.3, 0.4) is 0 Å². The summed E-state index contributed by atoms with van der Waals surface area (Å²) in [4.78, 5) is 0. The van der Waals surface area contributed by atoms with Gasteiger partial charge in [0, 0.05) is 10.1 Å². The number of hydrogen-bond acceptors (Lipinski definition) is 2. The van der Waals surface area contributed by atoms with E-state index in [0.29, 0.717) is 11.6 Å². The molecule has 0 spiro atoms. The Labute approximate surface area is 127 Å². The van der Waals surface area contributed by atoms with Crippen LogP contribution in [0.2, 0.25) is 5.02 Å². The Kier molecular flexibility index (Phi) is 5.17. The number of nitrogens with zero attached hydrogens (tertiary/aromatic N) is 1. The van der Waals surface area contributed by atoms with Crippen LogP contribution in [-0.2, 0) is 6.61 Å². The average molecular weight is 304 g/mol. The molecular weight excluding hydrogens is 288 g/mol. The van der Waals surface area contributed by atoms with Gasteiger partial charge in [0.25, 0.3) is 5.96 Å². The van der Waals surface area contributed by atoms with Crippen molar-refractivity contribution in [1.29, 1.82) is 0 Å². The molecule has 2 rings (SSSR count). The molecule has 0 aliphatic carbocycles. The van der Waals surface area contributed by atoms with E-state index >= 15 is 0 Å². The van der Waals surface area contributed by atoms with Gasteiger partial charge in [-0.2, -0.15) is 0 Å². The molecule has 6 heteroatoms. The third-order valence-corrected chi connectivity index (χ3v) is 2.89. The first-order valence-corrected chi connectivity index (χ1v) is 6.66.